The van der Waals surface area contributed by atoms with E-state index in [1.807, 2.05) is 13.8 Å². The third-order valence-corrected chi connectivity index (χ3v) is 3.19. The van der Waals surface area contributed by atoms with E-state index in [4.69, 9.17) is 9.47 Å². The number of rotatable bonds is 6. The van der Waals surface area contributed by atoms with Crippen molar-refractivity contribution in [1.29, 1.82) is 0 Å². The van der Waals surface area contributed by atoms with Crippen molar-refractivity contribution >= 4 is 5.97 Å². The van der Waals surface area contributed by atoms with Crippen molar-refractivity contribution in [1.82, 2.24) is 0 Å². The molecule has 0 aliphatic heterocycles. The summed E-state index contributed by atoms with van der Waals surface area (Å²) in [6.07, 6.45) is 1.78. The molecule has 1 aliphatic rings. The van der Waals surface area contributed by atoms with Crippen molar-refractivity contribution in [2.75, 3.05) is 13.2 Å². The van der Waals surface area contributed by atoms with Crippen LogP contribution in [0.25, 0.3) is 0 Å². The number of carbonyl (C=O) groups excluding carboxylic acids is 1. The summed E-state index contributed by atoms with van der Waals surface area (Å²) in [5.74, 6) is -0.702. The van der Waals surface area contributed by atoms with Crippen LogP contribution in [0.5, 0.6) is 0 Å². The molecule has 16 heavy (non-hydrogen) atoms. The fraction of sp³-hybridized carbons (Fsp3) is 0.917. The highest BCUT2D eigenvalue weighted by molar-refractivity contribution is 5.74. The first kappa shape index (κ1) is 13.5. The Morgan fingerprint density at radius 2 is 2.00 bits per heavy atom. The van der Waals surface area contributed by atoms with Crippen molar-refractivity contribution in [3.8, 4) is 0 Å². The van der Waals surface area contributed by atoms with E-state index in [-0.39, 0.29) is 12.1 Å². The summed E-state index contributed by atoms with van der Waals surface area (Å²) in [5.41, 5.74) is -0.916. The van der Waals surface area contributed by atoms with Gasteiger partial charge >= 0.3 is 5.97 Å². The molecule has 0 saturated heterocycles. The minimum absolute atomic E-state index is 0.0958. The molecule has 94 valence electrons. The molecule has 0 spiro atoms. The average molecular weight is 230 g/mol. The second-order valence-electron chi connectivity index (χ2n) is 4.30. The molecule has 1 N–H and O–H groups in total. The first-order chi connectivity index (χ1) is 7.57. The van der Waals surface area contributed by atoms with Crippen molar-refractivity contribution in [3.05, 3.63) is 0 Å². The van der Waals surface area contributed by atoms with Crippen molar-refractivity contribution in [2.24, 2.45) is 5.92 Å². The Kier molecular flexibility index (Phi) is 4.74. The van der Waals surface area contributed by atoms with Crippen LogP contribution in [0.4, 0.5) is 0 Å². The zero-order valence-corrected chi connectivity index (χ0v) is 10.4. The van der Waals surface area contributed by atoms with Crippen molar-refractivity contribution in [3.63, 3.8) is 0 Å². The fourth-order valence-corrected chi connectivity index (χ4v) is 2.38. The molecule has 0 amide bonds. The van der Waals surface area contributed by atoms with Gasteiger partial charge in [-0.05, 0) is 20.3 Å². The Balaban J connectivity index is 2.51. The largest absolute Gasteiger partial charge is 0.466 e. The van der Waals surface area contributed by atoms with Crippen LogP contribution >= 0.6 is 0 Å². The molecule has 1 aliphatic carbocycles. The number of hydrogen-bond donors (Lipinski definition) is 1. The molecule has 1 atom stereocenters. The van der Waals surface area contributed by atoms with Gasteiger partial charge in [0.05, 0.1) is 24.2 Å². The molecule has 4 nitrogen and oxygen atoms in total. The van der Waals surface area contributed by atoms with Crippen LogP contribution in [-0.4, -0.2) is 36.0 Å². The standard InChI is InChI=1S/C12H22O4/c1-4-10(11(13)16-6-3)12(14)7-9(8-12)15-5-2/h9-10,14H,4-8H2,1-3H3. The van der Waals surface area contributed by atoms with Gasteiger partial charge in [-0.2, -0.15) is 0 Å². The lowest BCUT2D eigenvalue weighted by Gasteiger charge is -2.46. The van der Waals surface area contributed by atoms with Crippen LogP contribution in [0.2, 0.25) is 0 Å². The van der Waals surface area contributed by atoms with Crippen LogP contribution in [-0.2, 0) is 14.3 Å². The van der Waals surface area contributed by atoms with Gasteiger partial charge < -0.3 is 14.6 Å². The van der Waals surface area contributed by atoms with Gasteiger partial charge in [0.15, 0.2) is 0 Å². The van der Waals surface area contributed by atoms with Crippen LogP contribution < -0.4 is 0 Å². The molecule has 4 heteroatoms. The van der Waals surface area contributed by atoms with Gasteiger partial charge in [0.25, 0.3) is 0 Å². The maximum atomic E-state index is 11.7. The number of ether oxygens (including phenoxy) is 2. The molecular weight excluding hydrogens is 208 g/mol. The van der Waals surface area contributed by atoms with E-state index in [1.165, 1.54) is 0 Å². The Morgan fingerprint density at radius 1 is 1.38 bits per heavy atom. The molecular formula is C12H22O4. The number of esters is 1. The zero-order chi connectivity index (χ0) is 12.2. The van der Waals surface area contributed by atoms with E-state index in [1.54, 1.807) is 6.92 Å². The normalized spacial score (nSPS) is 30.6. The highest BCUT2D eigenvalue weighted by atomic mass is 16.5. The van der Waals surface area contributed by atoms with E-state index in [0.29, 0.717) is 32.5 Å². The van der Waals surface area contributed by atoms with Crippen LogP contribution in [0, 0.1) is 5.92 Å². The fourth-order valence-electron chi connectivity index (χ4n) is 2.38. The Labute approximate surface area is 96.9 Å². The first-order valence-corrected chi connectivity index (χ1v) is 6.08. The van der Waals surface area contributed by atoms with Gasteiger partial charge in [-0.25, -0.2) is 0 Å². The van der Waals surface area contributed by atoms with Crippen molar-refractivity contribution < 1.29 is 19.4 Å². The highest BCUT2D eigenvalue weighted by Gasteiger charge is 2.51. The Hall–Kier alpha value is -0.610. The molecule has 0 aromatic heterocycles. The summed E-state index contributed by atoms with van der Waals surface area (Å²) in [6, 6.07) is 0. The predicted molar refractivity (Wildman–Crippen MR) is 60.0 cm³/mol. The molecule has 0 aromatic rings. The van der Waals surface area contributed by atoms with Crippen LogP contribution in [0.1, 0.15) is 40.0 Å². The summed E-state index contributed by atoms with van der Waals surface area (Å²) in [6.45, 7) is 6.61. The predicted octanol–water partition coefficient (Wildman–Crippen LogP) is 1.51. The van der Waals surface area contributed by atoms with E-state index in [0.717, 1.165) is 0 Å². The molecule has 1 rings (SSSR count). The average Bonchev–Trinajstić information content (AvgIpc) is 2.17. The minimum atomic E-state index is -0.916. The quantitative estimate of drug-likeness (QED) is 0.703. The summed E-state index contributed by atoms with van der Waals surface area (Å²) in [7, 11) is 0. The number of carbonyl (C=O) groups is 1. The molecule has 1 fully saturated rings. The minimum Gasteiger partial charge on any atom is -0.466 e. The maximum Gasteiger partial charge on any atom is 0.311 e. The first-order valence-electron chi connectivity index (χ1n) is 6.08. The molecule has 1 unspecified atom stereocenters. The third-order valence-electron chi connectivity index (χ3n) is 3.19. The van der Waals surface area contributed by atoms with Crippen molar-refractivity contribution in [2.45, 2.75) is 51.7 Å². The topological polar surface area (TPSA) is 55.8 Å². The van der Waals surface area contributed by atoms with Gasteiger partial charge in [-0.1, -0.05) is 6.92 Å². The summed E-state index contributed by atoms with van der Waals surface area (Å²) >= 11 is 0. The Morgan fingerprint density at radius 3 is 2.44 bits per heavy atom. The molecule has 0 heterocycles. The molecule has 0 bridgehead atoms. The van der Waals surface area contributed by atoms with E-state index in [2.05, 4.69) is 0 Å². The molecule has 1 saturated carbocycles. The molecule has 0 radical (unpaired) electrons. The SMILES string of the molecule is CCOC(=O)C(CC)C1(O)CC(OCC)C1. The van der Waals surface area contributed by atoms with Crippen LogP contribution in [0.15, 0.2) is 0 Å². The highest BCUT2D eigenvalue weighted by Crippen LogP contribution is 2.42. The smallest absolute Gasteiger partial charge is 0.311 e. The van der Waals surface area contributed by atoms with E-state index in [9.17, 15) is 9.90 Å². The summed E-state index contributed by atoms with van der Waals surface area (Å²) < 4.78 is 10.4. The lowest BCUT2D eigenvalue weighted by Crippen LogP contribution is -2.55. The van der Waals surface area contributed by atoms with Gasteiger partial charge in [0.1, 0.15) is 0 Å². The van der Waals surface area contributed by atoms with Gasteiger partial charge in [0.2, 0.25) is 0 Å². The monoisotopic (exact) mass is 230 g/mol. The van der Waals surface area contributed by atoms with Gasteiger partial charge in [-0.15, -0.1) is 0 Å². The zero-order valence-electron chi connectivity index (χ0n) is 10.4. The van der Waals surface area contributed by atoms with Gasteiger partial charge in [0, 0.05) is 19.4 Å². The van der Waals surface area contributed by atoms with E-state index >= 15 is 0 Å². The molecule has 0 aromatic carbocycles. The second kappa shape index (κ2) is 5.64. The second-order valence-corrected chi connectivity index (χ2v) is 4.30. The lowest BCUT2D eigenvalue weighted by molar-refractivity contribution is -0.188. The third kappa shape index (κ3) is 2.74. The number of aliphatic hydroxyl groups is 1. The van der Waals surface area contributed by atoms with Crippen LogP contribution in [0.3, 0.4) is 0 Å². The summed E-state index contributed by atoms with van der Waals surface area (Å²) in [5, 5.41) is 10.3. The summed E-state index contributed by atoms with van der Waals surface area (Å²) in [4.78, 5) is 11.7. The lowest BCUT2D eigenvalue weighted by atomic mass is 9.68. The number of hydrogen-bond acceptors (Lipinski definition) is 4. The van der Waals surface area contributed by atoms with Gasteiger partial charge in [-0.3, -0.25) is 4.79 Å². The van der Waals surface area contributed by atoms with E-state index < -0.39 is 11.5 Å². The maximum absolute atomic E-state index is 11.7. The Bertz CT molecular complexity index is 233.